The first-order valence-electron chi connectivity index (χ1n) is 5.76. The van der Waals surface area contributed by atoms with E-state index in [2.05, 4.69) is 15.6 Å². The van der Waals surface area contributed by atoms with E-state index < -0.39 is 0 Å². The van der Waals surface area contributed by atoms with Gasteiger partial charge in [-0.1, -0.05) is 12.8 Å². The summed E-state index contributed by atoms with van der Waals surface area (Å²) >= 11 is 0. The lowest BCUT2D eigenvalue weighted by atomic mass is 10.2. The van der Waals surface area contributed by atoms with E-state index in [1.807, 2.05) is 18.3 Å². The molecule has 2 aromatic heterocycles. The Morgan fingerprint density at radius 3 is 2.94 bits per heavy atom. The van der Waals surface area contributed by atoms with Gasteiger partial charge in [0.2, 0.25) is 0 Å². The maximum atomic E-state index is 9.10. The quantitative estimate of drug-likeness (QED) is 0.727. The summed E-state index contributed by atoms with van der Waals surface area (Å²) in [6, 6.07) is 6.66. The lowest BCUT2D eigenvalue weighted by molar-refractivity contribution is 0.532. The van der Waals surface area contributed by atoms with Gasteiger partial charge < -0.3 is 4.57 Å². The van der Waals surface area contributed by atoms with Crippen molar-refractivity contribution >= 4 is 11.0 Å². The second-order valence-electron chi connectivity index (χ2n) is 4.37. The molecular weight excluding hydrogens is 198 g/mol. The van der Waals surface area contributed by atoms with Crippen molar-refractivity contribution in [3.05, 3.63) is 30.1 Å². The van der Waals surface area contributed by atoms with Crippen molar-refractivity contribution in [2.45, 2.75) is 31.7 Å². The normalized spacial score (nSPS) is 16.7. The van der Waals surface area contributed by atoms with Gasteiger partial charge in [0.05, 0.1) is 5.56 Å². The van der Waals surface area contributed by atoms with Crippen LogP contribution in [0.3, 0.4) is 0 Å². The van der Waals surface area contributed by atoms with Crippen LogP contribution in [0.1, 0.15) is 37.3 Å². The molecular formula is C13H13N3. The number of nitriles is 1. The molecule has 0 radical (unpaired) electrons. The number of pyridine rings is 1. The second-order valence-corrected chi connectivity index (χ2v) is 4.37. The predicted octanol–water partition coefficient (Wildman–Crippen LogP) is 3.02. The van der Waals surface area contributed by atoms with Crippen molar-refractivity contribution in [3.63, 3.8) is 0 Å². The van der Waals surface area contributed by atoms with E-state index in [0.717, 1.165) is 16.6 Å². The maximum Gasteiger partial charge on any atom is 0.141 e. The van der Waals surface area contributed by atoms with Crippen LogP contribution in [0.15, 0.2) is 24.5 Å². The molecule has 0 aromatic carbocycles. The van der Waals surface area contributed by atoms with E-state index in [4.69, 9.17) is 5.26 Å². The summed E-state index contributed by atoms with van der Waals surface area (Å²) in [5.41, 5.74) is 1.71. The van der Waals surface area contributed by atoms with Crippen molar-refractivity contribution in [3.8, 4) is 6.07 Å². The van der Waals surface area contributed by atoms with E-state index in [1.165, 1.54) is 25.7 Å². The van der Waals surface area contributed by atoms with Crippen molar-refractivity contribution in [1.82, 2.24) is 9.55 Å². The summed E-state index contributed by atoms with van der Waals surface area (Å²) in [5, 5.41) is 10.1. The highest BCUT2D eigenvalue weighted by Gasteiger charge is 2.20. The molecule has 80 valence electrons. The molecule has 2 aromatic rings. The first-order chi connectivity index (χ1) is 7.90. The molecule has 16 heavy (non-hydrogen) atoms. The summed E-state index contributed by atoms with van der Waals surface area (Å²) in [7, 11) is 0. The molecule has 0 N–H and O–H groups in total. The fourth-order valence-corrected chi connectivity index (χ4v) is 2.63. The molecule has 1 saturated carbocycles. The first kappa shape index (κ1) is 9.41. The molecule has 1 aliphatic rings. The zero-order valence-corrected chi connectivity index (χ0v) is 9.06. The number of rotatable bonds is 1. The highest BCUT2D eigenvalue weighted by Crippen LogP contribution is 2.33. The minimum Gasteiger partial charge on any atom is -0.328 e. The number of nitrogens with zero attached hydrogens (tertiary/aromatic N) is 3. The van der Waals surface area contributed by atoms with Gasteiger partial charge in [-0.05, 0) is 25.0 Å². The number of hydrogen-bond donors (Lipinski definition) is 0. The monoisotopic (exact) mass is 211 g/mol. The Hall–Kier alpha value is -1.82. The Balaban J connectivity index is 2.21. The molecule has 0 saturated heterocycles. The fourth-order valence-electron chi connectivity index (χ4n) is 2.63. The van der Waals surface area contributed by atoms with Crippen LogP contribution in [0, 0.1) is 11.3 Å². The Labute approximate surface area is 94.3 Å². The third-order valence-electron chi connectivity index (χ3n) is 3.43. The Morgan fingerprint density at radius 1 is 1.38 bits per heavy atom. The standard InChI is InChI=1S/C13H13N3/c14-8-10-9-16(11-4-1-2-5-11)13-12(10)6-3-7-15-13/h3,6-7,9,11H,1-2,4-5H2. The summed E-state index contributed by atoms with van der Waals surface area (Å²) < 4.78 is 2.20. The third kappa shape index (κ3) is 1.30. The molecule has 0 spiro atoms. The van der Waals surface area contributed by atoms with Gasteiger partial charge in [-0.15, -0.1) is 0 Å². The van der Waals surface area contributed by atoms with E-state index in [-0.39, 0.29) is 0 Å². The molecule has 3 rings (SSSR count). The lowest BCUT2D eigenvalue weighted by Crippen LogP contribution is -2.03. The summed E-state index contributed by atoms with van der Waals surface area (Å²) in [5.74, 6) is 0. The van der Waals surface area contributed by atoms with Gasteiger partial charge in [-0.25, -0.2) is 4.98 Å². The molecule has 0 amide bonds. The van der Waals surface area contributed by atoms with Crippen LogP contribution in [-0.4, -0.2) is 9.55 Å². The Morgan fingerprint density at radius 2 is 2.19 bits per heavy atom. The van der Waals surface area contributed by atoms with Crippen LogP contribution in [0.2, 0.25) is 0 Å². The first-order valence-corrected chi connectivity index (χ1v) is 5.76. The van der Waals surface area contributed by atoms with Gasteiger partial charge >= 0.3 is 0 Å². The number of hydrogen-bond acceptors (Lipinski definition) is 2. The van der Waals surface area contributed by atoms with Gasteiger partial charge in [0.15, 0.2) is 0 Å². The van der Waals surface area contributed by atoms with Crippen molar-refractivity contribution in [1.29, 1.82) is 5.26 Å². The molecule has 0 aliphatic heterocycles. The number of aromatic nitrogens is 2. The summed E-state index contributed by atoms with van der Waals surface area (Å²) in [6.07, 6.45) is 8.77. The molecule has 3 heteroatoms. The minimum absolute atomic E-state index is 0.541. The smallest absolute Gasteiger partial charge is 0.141 e. The zero-order valence-electron chi connectivity index (χ0n) is 9.06. The topological polar surface area (TPSA) is 41.6 Å². The second kappa shape index (κ2) is 3.64. The van der Waals surface area contributed by atoms with Gasteiger partial charge in [-0.3, -0.25) is 0 Å². The van der Waals surface area contributed by atoms with E-state index in [1.54, 1.807) is 6.20 Å². The third-order valence-corrected chi connectivity index (χ3v) is 3.43. The molecule has 1 aliphatic carbocycles. The summed E-state index contributed by atoms with van der Waals surface area (Å²) in [6.45, 7) is 0. The highest BCUT2D eigenvalue weighted by molar-refractivity contribution is 5.83. The van der Waals surface area contributed by atoms with Gasteiger partial charge in [0, 0.05) is 23.8 Å². The summed E-state index contributed by atoms with van der Waals surface area (Å²) in [4.78, 5) is 4.41. The van der Waals surface area contributed by atoms with E-state index in [9.17, 15) is 0 Å². The molecule has 3 nitrogen and oxygen atoms in total. The minimum atomic E-state index is 0.541. The SMILES string of the molecule is N#Cc1cn(C2CCCC2)c2ncccc12. The zero-order chi connectivity index (χ0) is 11.0. The largest absolute Gasteiger partial charge is 0.328 e. The Bertz CT molecular complexity index is 556. The van der Waals surface area contributed by atoms with Crippen LogP contribution in [0.5, 0.6) is 0 Å². The van der Waals surface area contributed by atoms with Crippen LogP contribution in [0.25, 0.3) is 11.0 Å². The molecule has 1 fully saturated rings. The van der Waals surface area contributed by atoms with Crippen molar-refractivity contribution in [2.24, 2.45) is 0 Å². The lowest BCUT2D eigenvalue weighted by Gasteiger charge is -2.11. The van der Waals surface area contributed by atoms with Gasteiger partial charge in [-0.2, -0.15) is 5.26 Å². The van der Waals surface area contributed by atoms with Crippen molar-refractivity contribution in [2.75, 3.05) is 0 Å². The Kier molecular flexibility index (Phi) is 2.14. The molecule has 0 bridgehead atoms. The molecule has 0 atom stereocenters. The molecule has 2 heterocycles. The van der Waals surface area contributed by atoms with Crippen LogP contribution >= 0.6 is 0 Å². The highest BCUT2D eigenvalue weighted by atomic mass is 15.1. The van der Waals surface area contributed by atoms with Gasteiger partial charge in [0.25, 0.3) is 0 Å². The molecule has 0 unspecified atom stereocenters. The number of fused-ring (bicyclic) bond motifs is 1. The predicted molar refractivity (Wildman–Crippen MR) is 62.0 cm³/mol. The van der Waals surface area contributed by atoms with E-state index >= 15 is 0 Å². The van der Waals surface area contributed by atoms with Crippen LogP contribution < -0.4 is 0 Å². The average Bonchev–Trinajstić information content (AvgIpc) is 2.95. The average molecular weight is 211 g/mol. The maximum absolute atomic E-state index is 9.10. The van der Waals surface area contributed by atoms with Gasteiger partial charge in [0.1, 0.15) is 11.7 Å². The van der Waals surface area contributed by atoms with E-state index in [0.29, 0.717) is 6.04 Å². The van der Waals surface area contributed by atoms with Crippen LogP contribution in [-0.2, 0) is 0 Å². The fraction of sp³-hybridized carbons (Fsp3) is 0.385. The van der Waals surface area contributed by atoms with Crippen LogP contribution in [0.4, 0.5) is 0 Å². The van der Waals surface area contributed by atoms with Crippen molar-refractivity contribution < 1.29 is 0 Å².